The molecule has 2 aromatic rings. The van der Waals surface area contributed by atoms with Crippen molar-refractivity contribution in [2.75, 3.05) is 13.2 Å². The highest BCUT2D eigenvalue weighted by Crippen LogP contribution is 2.20. The first-order valence-electron chi connectivity index (χ1n) is 5.45. The van der Waals surface area contributed by atoms with Crippen LogP contribution in [0.4, 0.5) is 8.78 Å². The molecule has 0 aliphatic rings. The fraction of sp³-hybridized carbons (Fsp3) is 0.400. The number of pyridine rings is 1. The predicted octanol–water partition coefficient (Wildman–Crippen LogP) is 0.437. The number of fused-ring (bicyclic) bond motifs is 1. The molecule has 0 saturated carbocycles. The molecule has 0 spiro atoms. The van der Waals surface area contributed by atoms with Crippen molar-refractivity contribution < 1.29 is 26.8 Å². The predicted molar refractivity (Wildman–Crippen MR) is 63.8 cm³/mol. The van der Waals surface area contributed by atoms with Crippen molar-refractivity contribution in [1.29, 1.82) is 0 Å². The number of aliphatic hydroxyl groups is 1. The van der Waals surface area contributed by atoms with Crippen LogP contribution in [-0.2, 0) is 10.0 Å². The Bertz CT molecular complexity index is 729. The molecule has 2 heterocycles. The maximum atomic E-state index is 12.8. The third kappa shape index (κ3) is 2.92. The molecular formula is C10H11F2N3O4S. The molecule has 0 aliphatic heterocycles. The van der Waals surface area contributed by atoms with Crippen molar-refractivity contribution >= 4 is 21.1 Å². The molecule has 0 aliphatic carbocycles. The van der Waals surface area contributed by atoms with E-state index in [1.165, 1.54) is 6.07 Å². The topological polar surface area (TPSA) is 105 Å². The van der Waals surface area contributed by atoms with Gasteiger partial charge in [-0.1, -0.05) is 5.16 Å². The summed E-state index contributed by atoms with van der Waals surface area (Å²) in [5.41, 5.74) is 0.590. The molecule has 110 valence electrons. The molecular weight excluding hydrogens is 296 g/mol. The Labute approximate surface area is 112 Å². The summed E-state index contributed by atoms with van der Waals surface area (Å²) in [6.07, 6.45) is 0.979. The number of aliphatic hydroxyl groups excluding tert-OH is 1. The van der Waals surface area contributed by atoms with E-state index in [1.807, 2.05) is 0 Å². The van der Waals surface area contributed by atoms with E-state index in [9.17, 15) is 17.2 Å². The lowest BCUT2D eigenvalue weighted by Gasteiger charge is -2.14. The SMILES string of the molecule is Cc1noc2ncc(S(=O)(=O)NCC(F)(F)CO)cc12. The zero-order valence-corrected chi connectivity index (χ0v) is 11.1. The van der Waals surface area contributed by atoms with E-state index in [0.29, 0.717) is 11.1 Å². The van der Waals surface area contributed by atoms with Gasteiger partial charge in [-0.15, -0.1) is 0 Å². The van der Waals surface area contributed by atoms with Crippen LogP contribution >= 0.6 is 0 Å². The van der Waals surface area contributed by atoms with E-state index in [1.54, 1.807) is 11.6 Å². The normalized spacial score (nSPS) is 13.0. The second-order valence-electron chi connectivity index (χ2n) is 4.13. The van der Waals surface area contributed by atoms with Crippen molar-refractivity contribution in [3.8, 4) is 0 Å². The van der Waals surface area contributed by atoms with Crippen LogP contribution in [0.3, 0.4) is 0 Å². The van der Waals surface area contributed by atoms with Gasteiger partial charge in [0.1, 0.15) is 11.5 Å². The number of sulfonamides is 1. The molecule has 0 unspecified atom stereocenters. The third-order valence-corrected chi connectivity index (χ3v) is 3.92. The first kappa shape index (κ1) is 14.8. The number of hydrogen-bond acceptors (Lipinski definition) is 6. The molecule has 7 nitrogen and oxygen atoms in total. The number of alkyl halides is 2. The van der Waals surface area contributed by atoms with Crippen LogP contribution in [0.2, 0.25) is 0 Å². The lowest BCUT2D eigenvalue weighted by molar-refractivity contribution is -0.0437. The number of halogens is 2. The van der Waals surface area contributed by atoms with Gasteiger partial charge in [-0.3, -0.25) is 0 Å². The standard InChI is InChI=1S/C10H11F2N3O4S/c1-6-8-2-7(3-13-9(8)19-15-6)20(17,18)14-4-10(11,12)5-16/h2-3,14,16H,4-5H2,1H3. The molecule has 2 rings (SSSR count). The van der Waals surface area contributed by atoms with Gasteiger partial charge in [0, 0.05) is 0 Å². The Morgan fingerprint density at radius 2 is 2.20 bits per heavy atom. The van der Waals surface area contributed by atoms with Gasteiger partial charge in [-0.2, -0.15) is 0 Å². The molecule has 0 aromatic carbocycles. The molecule has 0 amide bonds. The fourth-order valence-corrected chi connectivity index (χ4v) is 2.44. The fourth-order valence-electron chi connectivity index (χ4n) is 1.41. The number of aromatic nitrogens is 2. The molecule has 10 heteroatoms. The van der Waals surface area contributed by atoms with Crippen LogP contribution in [-0.4, -0.2) is 42.7 Å². The maximum Gasteiger partial charge on any atom is 0.283 e. The van der Waals surface area contributed by atoms with Gasteiger partial charge in [0.2, 0.25) is 10.0 Å². The minimum atomic E-state index is -4.16. The molecule has 0 fully saturated rings. The largest absolute Gasteiger partial charge is 0.390 e. The van der Waals surface area contributed by atoms with Gasteiger partial charge in [-0.05, 0) is 13.0 Å². The van der Waals surface area contributed by atoms with Gasteiger partial charge in [0.15, 0.2) is 0 Å². The van der Waals surface area contributed by atoms with Gasteiger partial charge < -0.3 is 9.63 Å². The van der Waals surface area contributed by atoms with Crippen molar-refractivity contribution in [3.05, 3.63) is 18.0 Å². The summed E-state index contributed by atoms with van der Waals surface area (Å²) in [7, 11) is -4.16. The van der Waals surface area contributed by atoms with Crippen molar-refractivity contribution in [1.82, 2.24) is 14.9 Å². The van der Waals surface area contributed by atoms with E-state index in [2.05, 4.69) is 10.1 Å². The van der Waals surface area contributed by atoms with Crippen LogP contribution in [0.25, 0.3) is 11.1 Å². The first-order valence-corrected chi connectivity index (χ1v) is 6.94. The van der Waals surface area contributed by atoms with Crippen molar-refractivity contribution in [2.45, 2.75) is 17.7 Å². The number of aryl methyl sites for hydroxylation is 1. The monoisotopic (exact) mass is 307 g/mol. The highest BCUT2D eigenvalue weighted by molar-refractivity contribution is 7.89. The smallest absolute Gasteiger partial charge is 0.283 e. The molecule has 2 aromatic heterocycles. The summed E-state index contributed by atoms with van der Waals surface area (Å²) in [6.45, 7) is -1.05. The highest BCUT2D eigenvalue weighted by Gasteiger charge is 2.30. The summed E-state index contributed by atoms with van der Waals surface area (Å²) in [4.78, 5) is 3.46. The second kappa shape index (κ2) is 5.04. The second-order valence-corrected chi connectivity index (χ2v) is 5.90. The Hall–Kier alpha value is -1.65. The average molecular weight is 307 g/mol. The quantitative estimate of drug-likeness (QED) is 0.830. The van der Waals surface area contributed by atoms with E-state index in [0.717, 1.165) is 6.20 Å². The Morgan fingerprint density at radius 3 is 2.85 bits per heavy atom. The Balaban J connectivity index is 2.29. The van der Waals surface area contributed by atoms with Gasteiger partial charge in [0.25, 0.3) is 11.6 Å². The number of hydrogen-bond donors (Lipinski definition) is 2. The van der Waals surface area contributed by atoms with Crippen LogP contribution in [0, 0.1) is 6.92 Å². The van der Waals surface area contributed by atoms with Gasteiger partial charge in [0.05, 0.1) is 23.8 Å². The number of rotatable bonds is 5. The molecule has 0 atom stereocenters. The Morgan fingerprint density at radius 1 is 1.50 bits per heavy atom. The highest BCUT2D eigenvalue weighted by atomic mass is 32.2. The van der Waals surface area contributed by atoms with Crippen LogP contribution in [0.15, 0.2) is 21.7 Å². The third-order valence-electron chi connectivity index (χ3n) is 2.55. The van der Waals surface area contributed by atoms with Crippen LogP contribution in [0.1, 0.15) is 5.69 Å². The average Bonchev–Trinajstić information content (AvgIpc) is 2.78. The summed E-state index contributed by atoms with van der Waals surface area (Å²) in [5.74, 6) is -3.53. The zero-order chi connectivity index (χ0) is 15.0. The lowest BCUT2D eigenvalue weighted by Crippen LogP contribution is -2.38. The molecule has 0 bridgehead atoms. The zero-order valence-electron chi connectivity index (χ0n) is 10.3. The number of nitrogens with one attached hydrogen (secondary N) is 1. The summed E-state index contributed by atoms with van der Waals surface area (Å²) in [5, 5.41) is 12.4. The van der Waals surface area contributed by atoms with Gasteiger partial charge >= 0.3 is 0 Å². The van der Waals surface area contributed by atoms with Crippen LogP contribution in [0.5, 0.6) is 0 Å². The summed E-state index contributed by atoms with van der Waals surface area (Å²) in [6, 6.07) is 1.23. The van der Waals surface area contributed by atoms with E-state index < -0.39 is 29.1 Å². The van der Waals surface area contributed by atoms with Crippen LogP contribution < -0.4 is 4.72 Å². The first-order chi connectivity index (χ1) is 9.25. The Kier molecular flexibility index (Phi) is 3.71. The molecule has 0 radical (unpaired) electrons. The van der Waals surface area contributed by atoms with E-state index in [4.69, 9.17) is 9.63 Å². The minimum absolute atomic E-state index is 0.155. The van der Waals surface area contributed by atoms with Crippen molar-refractivity contribution in [2.24, 2.45) is 0 Å². The minimum Gasteiger partial charge on any atom is -0.390 e. The van der Waals surface area contributed by atoms with E-state index in [-0.39, 0.29) is 10.6 Å². The van der Waals surface area contributed by atoms with Gasteiger partial charge in [-0.25, -0.2) is 26.9 Å². The van der Waals surface area contributed by atoms with Crippen molar-refractivity contribution in [3.63, 3.8) is 0 Å². The number of nitrogens with zero attached hydrogens (tertiary/aromatic N) is 2. The lowest BCUT2D eigenvalue weighted by atomic mass is 10.3. The molecule has 2 N–H and O–H groups in total. The summed E-state index contributed by atoms with van der Waals surface area (Å²) < 4.78 is 55.9. The molecule has 0 saturated heterocycles. The molecule has 20 heavy (non-hydrogen) atoms. The summed E-state index contributed by atoms with van der Waals surface area (Å²) >= 11 is 0. The van der Waals surface area contributed by atoms with E-state index >= 15 is 0 Å². The maximum absolute atomic E-state index is 12.8.